The fourth-order valence-corrected chi connectivity index (χ4v) is 3.85. The van der Waals surface area contributed by atoms with E-state index in [1.807, 2.05) is 11.8 Å². The van der Waals surface area contributed by atoms with Gasteiger partial charge in [0.2, 0.25) is 0 Å². The summed E-state index contributed by atoms with van der Waals surface area (Å²) in [6, 6.07) is 4.21. The van der Waals surface area contributed by atoms with E-state index < -0.39 is 0 Å². The Labute approximate surface area is 112 Å². The van der Waals surface area contributed by atoms with E-state index in [2.05, 4.69) is 12.1 Å². The van der Waals surface area contributed by atoms with E-state index >= 15 is 0 Å². The van der Waals surface area contributed by atoms with Crippen LogP contribution in [0, 0.1) is 0 Å². The van der Waals surface area contributed by atoms with Gasteiger partial charge in [-0.05, 0) is 41.9 Å². The second-order valence-corrected chi connectivity index (χ2v) is 5.68. The Morgan fingerprint density at radius 2 is 2.00 bits per heavy atom. The van der Waals surface area contributed by atoms with Crippen molar-refractivity contribution in [3.63, 3.8) is 0 Å². The molecule has 2 rings (SSSR count). The number of benzene rings is 1. The van der Waals surface area contributed by atoms with Gasteiger partial charge in [-0.1, -0.05) is 0 Å². The van der Waals surface area contributed by atoms with Gasteiger partial charge < -0.3 is 9.47 Å². The number of aryl methyl sites for hydroxylation is 1. The van der Waals surface area contributed by atoms with Crippen molar-refractivity contribution in [2.75, 3.05) is 25.9 Å². The van der Waals surface area contributed by atoms with Gasteiger partial charge in [0.25, 0.3) is 0 Å². The number of hydrogen-bond donors (Lipinski definition) is 0. The minimum Gasteiger partial charge on any atom is -0.493 e. The highest BCUT2D eigenvalue weighted by Crippen LogP contribution is 2.43. The molecule has 0 fully saturated rings. The lowest BCUT2D eigenvalue weighted by molar-refractivity contribution is 0.354. The highest BCUT2D eigenvalue weighted by Gasteiger charge is 2.22. The molecule has 2 nitrogen and oxygen atoms in total. The van der Waals surface area contributed by atoms with Gasteiger partial charge in [0.15, 0.2) is 11.5 Å². The Balaban J connectivity index is 2.39. The lowest BCUT2D eigenvalue weighted by atomic mass is 9.99. The van der Waals surface area contributed by atoms with Crippen molar-refractivity contribution in [2.24, 2.45) is 0 Å². The molecule has 1 aliphatic rings. The standard InChI is InChI=1S/C13H17ClO2S/c1-15-11-7-9-4-6-17-13(3-5-14)10(9)8-12(11)16-2/h7-8,13H,3-6H2,1-2H3. The van der Waals surface area contributed by atoms with Crippen LogP contribution in [0.2, 0.25) is 0 Å². The van der Waals surface area contributed by atoms with E-state index in [9.17, 15) is 0 Å². The fourth-order valence-electron chi connectivity index (χ4n) is 2.19. The molecule has 4 heteroatoms. The number of rotatable bonds is 4. The predicted octanol–water partition coefficient (Wildman–Crippen LogP) is 3.66. The van der Waals surface area contributed by atoms with Crippen LogP contribution in [0.1, 0.15) is 22.8 Å². The van der Waals surface area contributed by atoms with Crippen LogP contribution in [0.5, 0.6) is 11.5 Å². The lowest BCUT2D eigenvalue weighted by Gasteiger charge is -2.26. The molecule has 0 bridgehead atoms. The third-order valence-corrected chi connectivity index (χ3v) is 4.60. The first-order valence-electron chi connectivity index (χ1n) is 5.72. The summed E-state index contributed by atoms with van der Waals surface area (Å²) in [5.41, 5.74) is 2.73. The molecule has 1 aromatic rings. The number of fused-ring (bicyclic) bond motifs is 1. The summed E-state index contributed by atoms with van der Waals surface area (Å²) in [6.07, 6.45) is 2.11. The number of thioether (sulfide) groups is 1. The number of hydrogen-bond acceptors (Lipinski definition) is 3. The summed E-state index contributed by atoms with van der Waals surface area (Å²) in [7, 11) is 3.36. The van der Waals surface area contributed by atoms with Gasteiger partial charge in [-0.2, -0.15) is 11.8 Å². The first-order chi connectivity index (χ1) is 8.30. The van der Waals surface area contributed by atoms with E-state index in [1.54, 1.807) is 14.2 Å². The molecule has 0 spiro atoms. The highest BCUT2D eigenvalue weighted by molar-refractivity contribution is 7.99. The fraction of sp³-hybridized carbons (Fsp3) is 0.538. The van der Waals surface area contributed by atoms with Crippen molar-refractivity contribution in [1.29, 1.82) is 0 Å². The second kappa shape index (κ2) is 5.87. The van der Waals surface area contributed by atoms with Crippen molar-refractivity contribution in [3.05, 3.63) is 23.3 Å². The van der Waals surface area contributed by atoms with Crippen LogP contribution >= 0.6 is 23.4 Å². The molecule has 1 unspecified atom stereocenters. The van der Waals surface area contributed by atoms with E-state index in [1.165, 1.54) is 11.1 Å². The average molecular weight is 273 g/mol. The molecule has 1 aliphatic heterocycles. The van der Waals surface area contributed by atoms with Crippen molar-refractivity contribution in [2.45, 2.75) is 18.1 Å². The van der Waals surface area contributed by atoms with Gasteiger partial charge >= 0.3 is 0 Å². The number of methoxy groups -OCH3 is 2. The molecule has 0 aliphatic carbocycles. The zero-order chi connectivity index (χ0) is 12.3. The van der Waals surface area contributed by atoms with Gasteiger partial charge in [0.1, 0.15) is 0 Å². The van der Waals surface area contributed by atoms with Crippen molar-refractivity contribution in [3.8, 4) is 11.5 Å². The molecule has 0 amide bonds. The summed E-state index contributed by atoms with van der Waals surface area (Å²) >= 11 is 7.85. The van der Waals surface area contributed by atoms with E-state index in [-0.39, 0.29) is 0 Å². The molecule has 0 N–H and O–H groups in total. The van der Waals surface area contributed by atoms with Gasteiger partial charge in [-0.3, -0.25) is 0 Å². The number of ether oxygens (including phenoxy) is 2. The maximum atomic E-state index is 5.86. The van der Waals surface area contributed by atoms with Gasteiger partial charge in [-0.15, -0.1) is 11.6 Å². The lowest BCUT2D eigenvalue weighted by Crippen LogP contribution is -2.10. The molecule has 0 saturated carbocycles. The van der Waals surface area contributed by atoms with Gasteiger partial charge in [0.05, 0.1) is 14.2 Å². The van der Waals surface area contributed by atoms with Crippen LogP contribution < -0.4 is 9.47 Å². The normalized spacial score (nSPS) is 18.6. The Morgan fingerprint density at radius 3 is 2.65 bits per heavy atom. The van der Waals surface area contributed by atoms with Gasteiger partial charge in [-0.25, -0.2) is 0 Å². The maximum Gasteiger partial charge on any atom is 0.161 e. The summed E-state index contributed by atoms with van der Waals surface area (Å²) in [4.78, 5) is 0. The van der Waals surface area contributed by atoms with Crippen LogP contribution in [0.25, 0.3) is 0 Å². The van der Waals surface area contributed by atoms with Crippen LogP contribution in [0.3, 0.4) is 0 Å². The molecule has 0 saturated heterocycles. The third kappa shape index (κ3) is 2.66. The Bertz CT molecular complexity index is 395. The first-order valence-corrected chi connectivity index (χ1v) is 7.30. The third-order valence-electron chi connectivity index (χ3n) is 3.05. The highest BCUT2D eigenvalue weighted by atomic mass is 35.5. The monoisotopic (exact) mass is 272 g/mol. The Kier molecular flexibility index (Phi) is 4.46. The van der Waals surface area contributed by atoms with Crippen LogP contribution in [0.4, 0.5) is 0 Å². The van der Waals surface area contributed by atoms with Crippen molar-refractivity contribution < 1.29 is 9.47 Å². The number of alkyl halides is 1. The molecule has 0 aromatic heterocycles. The zero-order valence-corrected chi connectivity index (χ0v) is 11.7. The molecule has 1 heterocycles. The maximum absolute atomic E-state index is 5.86. The molecular formula is C13H17ClO2S. The molecule has 1 atom stereocenters. The Hall–Kier alpha value is -0.540. The predicted molar refractivity (Wildman–Crippen MR) is 73.8 cm³/mol. The van der Waals surface area contributed by atoms with Crippen molar-refractivity contribution in [1.82, 2.24) is 0 Å². The molecule has 0 radical (unpaired) electrons. The average Bonchev–Trinajstić information content (AvgIpc) is 2.38. The van der Waals surface area contributed by atoms with E-state index in [0.29, 0.717) is 11.1 Å². The quantitative estimate of drug-likeness (QED) is 0.780. The minimum atomic E-state index is 0.496. The summed E-state index contributed by atoms with van der Waals surface area (Å²) < 4.78 is 10.7. The summed E-state index contributed by atoms with van der Waals surface area (Å²) in [5, 5.41) is 0.496. The Morgan fingerprint density at radius 1 is 1.29 bits per heavy atom. The van der Waals surface area contributed by atoms with Gasteiger partial charge in [0, 0.05) is 11.1 Å². The van der Waals surface area contributed by atoms with Crippen LogP contribution in [-0.2, 0) is 6.42 Å². The van der Waals surface area contributed by atoms with E-state index in [4.69, 9.17) is 21.1 Å². The largest absolute Gasteiger partial charge is 0.493 e. The molecule has 17 heavy (non-hydrogen) atoms. The van der Waals surface area contributed by atoms with Crippen molar-refractivity contribution >= 4 is 23.4 Å². The zero-order valence-electron chi connectivity index (χ0n) is 10.2. The van der Waals surface area contributed by atoms with Crippen LogP contribution in [0.15, 0.2) is 12.1 Å². The summed E-state index contributed by atoms with van der Waals surface area (Å²) in [6.45, 7) is 0. The van der Waals surface area contributed by atoms with E-state index in [0.717, 1.165) is 30.1 Å². The first kappa shape index (κ1) is 12.9. The molecule has 1 aromatic carbocycles. The smallest absolute Gasteiger partial charge is 0.161 e. The minimum absolute atomic E-state index is 0.496. The molecule has 94 valence electrons. The second-order valence-electron chi connectivity index (χ2n) is 3.99. The van der Waals surface area contributed by atoms with Crippen LogP contribution in [-0.4, -0.2) is 25.9 Å². The molecular weight excluding hydrogens is 256 g/mol. The summed E-state index contributed by atoms with van der Waals surface area (Å²) in [5.74, 6) is 3.49. The topological polar surface area (TPSA) is 18.5 Å². The number of halogens is 1. The SMILES string of the molecule is COc1cc2c(cc1OC)C(CCCl)SCC2.